The molecule has 1 atom stereocenters. The van der Waals surface area contributed by atoms with E-state index in [2.05, 4.69) is 10.2 Å². The molecule has 1 heterocycles. The summed E-state index contributed by atoms with van der Waals surface area (Å²) in [6.07, 6.45) is 1.50. The van der Waals surface area contributed by atoms with Crippen molar-refractivity contribution in [3.8, 4) is 0 Å². The van der Waals surface area contributed by atoms with Gasteiger partial charge in [0.1, 0.15) is 17.7 Å². The number of nitrogens with one attached hydrogen (secondary N) is 1. The van der Waals surface area contributed by atoms with Gasteiger partial charge in [0.15, 0.2) is 0 Å². The zero-order valence-corrected chi connectivity index (χ0v) is 23.4. The lowest BCUT2D eigenvalue weighted by atomic mass is 9.87. The molecule has 0 spiro atoms. The number of carbonyl (C=O) groups is 2. The normalized spacial score (nSPS) is 16.3. The molecule has 8 heteroatoms. The predicted molar refractivity (Wildman–Crippen MR) is 154 cm³/mol. The molecule has 1 unspecified atom stereocenters. The highest BCUT2D eigenvalue weighted by Gasteiger charge is 2.31. The summed E-state index contributed by atoms with van der Waals surface area (Å²) in [6.45, 7) is 8.46. The predicted octanol–water partition coefficient (Wildman–Crippen LogP) is 4.91. The zero-order valence-electron chi connectivity index (χ0n) is 23.4. The fourth-order valence-electron chi connectivity index (χ4n) is 5.73. The number of primary amides is 1. The Morgan fingerprint density at radius 3 is 2.00 bits per heavy atom. The van der Waals surface area contributed by atoms with Gasteiger partial charge in [-0.15, -0.1) is 0 Å². The second kappa shape index (κ2) is 13.2. The van der Waals surface area contributed by atoms with Gasteiger partial charge in [-0.1, -0.05) is 42.0 Å². The molecule has 1 aliphatic heterocycles. The van der Waals surface area contributed by atoms with E-state index in [1.165, 1.54) is 24.3 Å². The fourth-order valence-corrected chi connectivity index (χ4v) is 5.73. The van der Waals surface area contributed by atoms with Gasteiger partial charge < -0.3 is 11.1 Å². The molecule has 3 aromatic rings. The van der Waals surface area contributed by atoms with Gasteiger partial charge in [-0.3, -0.25) is 19.4 Å². The van der Waals surface area contributed by atoms with Crippen LogP contribution in [0.25, 0.3) is 0 Å². The Bertz CT molecular complexity index is 1260. The lowest BCUT2D eigenvalue weighted by molar-refractivity contribution is -0.127. The molecule has 0 aliphatic carbocycles. The monoisotopic (exact) mass is 548 g/mol. The summed E-state index contributed by atoms with van der Waals surface area (Å²) in [4.78, 5) is 29.3. The van der Waals surface area contributed by atoms with Crippen LogP contribution in [0, 0.1) is 32.4 Å². The highest BCUT2D eigenvalue weighted by Crippen LogP contribution is 2.30. The third-order valence-electron chi connectivity index (χ3n) is 7.70. The van der Waals surface area contributed by atoms with E-state index in [-0.39, 0.29) is 30.0 Å². The van der Waals surface area contributed by atoms with Crippen LogP contribution in [0.2, 0.25) is 0 Å². The van der Waals surface area contributed by atoms with Gasteiger partial charge in [-0.25, -0.2) is 8.78 Å². The molecule has 1 saturated heterocycles. The Morgan fingerprint density at radius 2 is 1.48 bits per heavy atom. The minimum atomic E-state index is -0.500. The van der Waals surface area contributed by atoms with Crippen LogP contribution in [0.3, 0.4) is 0 Å². The number of amides is 2. The first-order valence-corrected chi connectivity index (χ1v) is 13.7. The Morgan fingerprint density at radius 1 is 0.925 bits per heavy atom. The molecule has 4 rings (SSSR count). The van der Waals surface area contributed by atoms with E-state index >= 15 is 0 Å². The van der Waals surface area contributed by atoms with Gasteiger partial charge in [-0.05, 0) is 86.7 Å². The highest BCUT2D eigenvalue weighted by molar-refractivity contribution is 5.94. The number of rotatable bonds is 10. The van der Waals surface area contributed by atoms with Crippen molar-refractivity contribution in [3.63, 3.8) is 0 Å². The van der Waals surface area contributed by atoms with Gasteiger partial charge in [0.05, 0.1) is 6.54 Å². The standard InChI is InChI=1S/C32H38F2N4O2/c1-21-17-22(2)31(23(3)18-21)36-30(39)20-37-15-16-38(29(19-37)32(35)40)14-4-5-28(24-6-10-26(33)11-7-24)25-8-12-27(34)13-9-25/h6-13,17-18,28-29H,4-5,14-16,19-20H2,1-3H3,(H2,35,40)(H,36,39). The number of halogens is 2. The molecule has 1 fully saturated rings. The van der Waals surface area contributed by atoms with Crippen molar-refractivity contribution >= 4 is 17.5 Å². The zero-order chi connectivity index (χ0) is 28.8. The third-order valence-corrected chi connectivity index (χ3v) is 7.70. The molecule has 2 amide bonds. The van der Waals surface area contributed by atoms with Crippen LogP contribution in [-0.4, -0.2) is 60.4 Å². The number of piperazine rings is 1. The van der Waals surface area contributed by atoms with Gasteiger partial charge >= 0.3 is 0 Å². The molecule has 0 bridgehead atoms. The molecule has 0 saturated carbocycles. The largest absolute Gasteiger partial charge is 0.368 e. The van der Waals surface area contributed by atoms with E-state index in [1.54, 1.807) is 24.3 Å². The minimum Gasteiger partial charge on any atom is -0.368 e. The maximum atomic E-state index is 13.6. The smallest absolute Gasteiger partial charge is 0.238 e. The molecule has 1 aliphatic rings. The van der Waals surface area contributed by atoms with Crippen molar-refractivity contribution in [1.82, 2.24) is 9.80 Å². The van der Waals surface area contributed by atoms with Crippen molar-refractivity contribution < 1.29 is 18.4 Å². The van der Waals surface area contributed by atoms with E-state index in [9.17, 15) is 18.4 Å². The number of benzene rings is 3. The number of nitrogens with two attached hydrogens (primary N) is 1. The maximum Gasteiger partial charge on any atom is 0.238 e. The first kappa shape index (κ1) is 29.4. The molecule has 0 radical (unpaired) electrons. The van der Waals surface area contributed by atoms with Crippen LogP contribution in [0.4, 0.5) is 14.5 Å². The summed E-state index contributed by atoms with van der Waals surface area (Å²) < 4.78 is 27.1. The molecule has 6 nitrogen and oxygen atoms in total. The summed E-state index contributed by atoms with van der Waals surface area (Å²) in [6, 6.07) is 16.4. The Labute approximate surface area is 235 Å². The van der Waals surface area contributed by atoms with Crippen molar-refractivity contribution in [2.24, 2.45) is 5.73 Å². The van der Waals surface area contributed by atoms with E-state index in [0.29, 0.717) is 26.2 Å². The number of anilines is 1. The number of nitrogens with zero attached hydrogens (tertiary/aromatic N) is 2. The Kier molecular flexibility index (Phi) is 9.66. The van der Waals surface area contributed by atoms with Crippen molar-refractivity contribution in [2.75, 3.05) is 38.0 Å². The van der Waals surface area contributed by atoms with Gasteiger partial charge in [-0.2, -0.15) is 0 Å². The summed E-state index contributed by atoms with van der Waals surface area (Å²) >= 11 is 0. The highest BCUT2D eigenvalue weighted by atomic mass is 19.1. The molecule has 0 aromatic heterocycles. The lowest BCUT2D eigenvalue weighted by Crippen LogP contribution is -2.59. The lowest BCUT2D eigenvalue weighted by Gasteiger charge is -2.39. The fraction of sp³-hybridized carbons (Fsp3) is 0.375. The quantitative estimate of drug-likeness (QED) is 0.377. The van der Waals surface area contributed by atoms with E-state index in [0.717, 1.165) is 46.3 Å². The Balaban J connectivity index is 1.36. The molecular formula is C32H38F2N4O2. The van der Waals surface area contributed by atoms with Crippen LogP contribution in [0.15, 0.2) is 60.7 Å². The van der Waals surface area contributed by atoms with E-state index in [4.69, 9.17) is 5.73 Å². The molecule has 40 heavy (non-hydrogen) atoms. The summed E-state index contributed by atoms with van der Waals surface area (Å²) in [5.41, 5.74) is 11.7. The first-order chi connectivity index (χ1) is 19.1. The van der Waals surface area contributed by atoms with E-state index in [1.807, 2.05) is 37.8 Å². The first-order valence-electron chi connectivity index (χ1n) is 13.7. The summed E-state index contributed by atoms with van der Waals surface area (Å²) in [7, 11) is 0. The van der Waals surface area contributed by atoms with Crippen LogP contribution < -0.4 is 11.1 Å². The second-order valence-corrected chi connectivity index (χ2v) is 10.8. The number of hydrogen-bond acceptors (Lipinski definition) is 4. The van der Waals surface area contributed by atoms with E-state index < -0.39 is 11.9 Å². The van der Waals surface area contributed by atoms with Crippen molar-refractivity contribution in [1.29, 1.82) is 0 Å². The van der Waals surface area contributed by atoms with Crippen LogP contribution in [0.1, 0.15) is 46.6 Å². The topological polar surface area (TPSA) is 78.7 Å². The van der Waals surface area contributed by atoms with Crippen LogP contribution in [0.5, 0.6) is 0 Å². The molecule has 3 N–H and O–H groups in total. The number of hydrogen-bond donors (Lipinski definition) is 2. The van der Waals surface area contributed by atoms with Crippen LogP contribution >= 0.6 is 0 Å². The number of carbonyl (C=O) groups excluding carboxylic acids is 2. The van der Waals surface area contributed by atoms with Gasteiger partial charge in [0.2, 0.25) is 11.8 Å². The van der Waals surface area contributed by atoms with Gasteiger partial charge in [0.25, 0.3) is 0 Å². The molecule has 3 aromatic carbocycles. The maximum absolute atomic E-state index is 13.6. The van der Waals surface area contributed by atoms with Gasteiger partial charge in [0, 0.05) is 31.2 Å². The van der Waals surface area contributed by atoms with Crippen molar-refractivity contribution in [3.05, 3.63) is 100 Å². The Hall–Kier alpha value is -3.62. The summed E-state index contributed by atoms with van der Waals surface area (Å²) in [5, 5.41) is 3.04. The average Bonchev–Trinajstić information content (AvgIpc) is 2.90. The average molecular weight is 549 g/mol. The van der Waals surface area contributed by atoms with Crippen LogP contribution in [-0.2, 0) is 9.59 Å². The SMILES string of the molecule is Cc1cc(C)c(NC(=O)CN2CCN(CCCC(c3ccc(F)cc3)c3ccc(F)cc3)C(C(N)=O)C2)c(C)c1. The minimum absolute atomic E-state index is 0.0353. The second-order valence-electron chi connectivity index (χ2n) is 10.8. The molecule has 212 valence electrons. The molecular weight excluding hydrogens is 510 g/mol. The summed E-state index contributed by atoms with van der Waals surface area (Å²) in [5.74, 6) is -1.17. The van der Waals surface area contributed by atoms with Crippen molar-refractivity contribution in [2.45, 2.75) is 45.6 Å². The number of aryl methyl sites for hydroxylation is 3. The third kappa shape index (κ3) is 7.52.